The largest absolute Gasteiger partial charge is 0.497 e. The molecule has 10 heteroatoms. The first-order chi connectivity index (χ1) is 12.1. The van der Waals surface area contributed by atoms with Gasteiger partial charge in [-0.25, -0.2) is 0 Å². The summed E-state index contributed by atoms with van der Waals surface area (Å²) >= 11 is 0.822. The van der Waals surface area contributed by atoms with E-state index >= 15 is 0 Å². The van der Waals surface area contributed by atoms with Crippen LogP contribution in [0.3, 0.4) is 0 Å². The summed E-state index contributed by atoms with van der Waals surface area (Å²) in [5, 5.41) is 10.3. The van der Waals surface area contributed by atoms with Crippen molar-refractivity contribution in [2.24, 2.45) is 5.41 Å². The van der Waals surface area contributed by atoms with Crippen LogP contribution in [-0.4, -0.2) is 38.2 Å². The van der Waals surface area contributed by atoms with Crippen LogP contribution in [0.1, 0.15) is 27.7 Å². The molecule has 0 unspecified atom stereocenters. The SMILES string of the molecule is CCN(c1ccc(OC)cc1)S(=O)(=O)c1nnc(NC(=O)C(C)(C)C)s1. The Labute approximate surface area is 157 Å². The minimum atomic E-state index is -3.89. The molecule has 0 saturated carbocycles. The Balaban J connectivity index is 2.29. The summed E-state index contributed by atoms with van der Waals surface area (Å²) in [4.78, 5) is 12.0. The van der Waals surface area contributed by atoms with Crippen molar-refractivity contribution in [3.63, 3.8) is 0 Å². The molecule has 2 aromatic rings. The Morgan fingerprint density at radius 2 is 1.85 bits per heavy atom. The second kappa shape index (κ2) is 7.58. The number of anilines is 2. The number of aromatic nitrogens is 2. The lowest BCUT2D eigenvalue weighted by atomic mass is 9.96. The van der Waals surface area contributed by atoms with Crippen LogP contribution in [0, 0.1) is 5.41 Å². The fourth-order valence-electron chi connectivity index (χ4n) is 1.98. The quantitative estimate of drug-likeness (QED) is 0.751. The molecule has 0 radical (unpaired) electrons. The predicted molar refractivity (Wildman–Crippen MR) is 101 cm³/mol. The second-order valence-corrected chi connectivity index (χ2v) is 9.46. The van der Waals surface area contributed by atoms with E-state index in [-0.39, 0.29) is 21.9 Å². The van der Waals surface area contributed by atoms with Gasteiger partial charge in [-0.2, -0.15) is 8.42 Å². The van der Waals surface area contributed by atoms with E-state index in [1.807, 2.05) is 0 Å². The zero-order valence-electron chi connectivity index (χ0n) is 15.3. The highest BCUT2D eigenvalue weighted by molar-refractivity contribution is 7.94. The predicted octanol–water partition coefficient (Wildman–Crippen LogP) is 2.75. The van der Waals surface area contributed by atoms with E-state index in [2.05, 4.69) is 15.5 Å². The van der Waals surface area contributed by atoms with E-state index in [9.17, 15) is 13.2 Å². The monoisotopic (exact) mass is 398 g/mol. The van der Waals surface area contributed by atoms with Gasteiger partial charge in [-0.1, -0.05) is 32.1 Å². The van der Waals surface area contributed by atoms with E-state index in [0.717, 1.165) is 11.3 Å². The van der Waals surface area contributed by atoms with Crippen LogP contribution in [-0.2, 0) is 14.8 Å². The van der Waals surface area contributed by atoms with Crippen LogP contribution < -0.4 is 14.4 Å². The number of amides is 1. The normalized spacial score (nSPS) is 11.9. The van der Waals surface area contributed by atoms with Gasteiger partial charge in [-0.05, 0) is 31.2 Å². The molecule has 1 heterocycles. The van der Waals surface area contributed by atoms with Crippen LogP contribution in [0.25, 0.3) is 0 Å². The highest BCUT2D eigenvalue weighted by atomic mass is 32.2. The van der Waals surface area contributed by atoms with Crippen LogP contribution in [0.4, 0.5) is 10.8 Å². The smallest absolute Gasteiger partial charge is 0.293 e. The average molecular weight is 399 g/mol. The number of sulfonamides is 1. The molecule has 1 aromatic heterocycles. The number of ether oxygens (including phenoxy) is 1. The van der Waals surface area contributed by atoms with Gasteiger partial charge < -0.3 is 10.1 Å². The van der Waals surface area contributed by atoms with E-state index < -0.39 is 15.4 Å². The molecule has 0 aliphatic rings. The molecule has 0 aliphatic carbocycles. The maximum atomic E-state index is 12.9. The summed E-state index contributed by atoms with van der Waals surface area (Å²) in [7, 11) is -2.35. The Morgan fingerprint density at radius 1 is 1.23 bits per heavy atom. The number of hydrogen-bond acceptors (Lipinski definition) is 7. The highest BCUT2D eigenvalue weighted by Crippen LogP contribution is 2.29. The standard InChI is InChI=1S/C16H22N4O4S2/c1-6-20(11-7-9-12(24-5)10-8-11)26(22,23)15-19-18-14(25-15)17-13(21)16(2,3)4/h7-10H,6H2,1-5H3,(H,17,18,21). The Kier molecular flexibility index (Phi) is 5.87. The summed E-state index contributed by atoms with van der Waals surface area (Å²) in [6.07, 6.45) is 0. The first kappa shape index (κ1) is 20.1. The second-order valence-electron chi connectivity index (χ2n) is 6.45. The molecule has 2 rings (SSSR count). The van der Waals surface area contributed by atoms with Gasteiger partial charge in [0, 0.05) is 12.0 Å². The first-order valence-electron chi connectivity index (χ1n) is 7.91. The topological polar surface area (TPSA) is 101 Å². The Morgan fingerprint density at radius 3 is 2.35 bits per heavy atom. The Bertz CT molecular complexity index is 870. The third-order valence-corrected chi connectivity index (χ3v) is 6.55. The maximum absolute atomic E-state index is 12.9. The number of benzene rings is 1. The molecule has 0 spiro atoms. The molecule has 0 saturated heterocycles. The number of nitrogens with zero attached hydrogens (tertiary/aromatic N) is 3. The summed E-state index contributed by atoms with van der Waals surface area (Å²) in [5.74, 6) is 0.366. The zero-order chi connectivity index (χ0) is 19.5. The molecular formula is C16H22N4O4S2. The van der Waals surface area contributed by atoms with Gasteiger partial charge in [0.15, 0.2) is 0 Å². The minimum absolute atomic E-state index is 0.147. The van der Waals surface area contributed by atoms with E-state index in [0.29, 0.717) is 11.4 Å². The number of nitrogens with one attached hydrogen (secondary N) is 1. The van der Waals surface area contributed by atoms with Crippen molar-refractivity contribution in [1.82, 2.24) is 10.2 Å². The molecule has 8 nitrogen and oxygen atoms in total. The van der Waals surface area contributed by atoms with E-state index in [4.69, 9.17) is 4.74 Å². The molecular weight excluding hydrogens is 376 g/mol. The molecule has 1 aromatic carbocycles. The van der Waals surface area contributed by atoms with Crippen molar-refractivity contribution in [1.29, 1.82) is 0 Å². The Hall–Kier alpha value is -2.20. The molecule has 0 bridgehead atoms. The number of carbonyl (C=O) groups is 1. The molecule has 0 fully saturated rings. The van der Waals surface area contributed by atoms with Crippen molar-refractivity contribution in [3.05, 3.63) is 24.3 Å². The lowest BCUT2D eigenvalue weighted by molar-refractivity contribution is -0.123. The molecule has 1 amide bonds. The summed E-state index contributed by atoms with van der Waals surface area (Å²) in [6, 6.07) is 6.68. The van der Waals surface area contributed by atoms with Gasteiger partial charge >= 0.3 is 0 Å². The maximum Gasteiger partial charge on any atom is 0.293 e. The lowest BCUT2D eigenvalue weighted by Gasteiger charge is -2.21. The fraction of sp³-hybridized carbons (Fsp3) is 0.438. The van der Waals surface area contributed by atoms with Crippen molar-refractivity contribution in [2.75, 3.05) is 23.3 Å². The van der Waals surface area contributed by atoms with Crippen molar-refractivity contribution in [3.8, 4) is 5.75 Å². The summed E-state index contributed by atoms with van der Waals surface area (Å²) in [6.45, 7) is 7.21. The summed E-state index contributed by atoms with van der Waals surface area (Å²) in [5.41, 5.74) is -0.132. The van der Waals surface area contributed by atoms with Gasteiger partial charge in [0.2, 0.25) is 11.0 Å². The van der Waals surface area contributed by atoms with Gasteiger partial charge in [0.25, 0.3) is 14.4 Å². The number of rotatable bonds is 6. The van der Waals surface area contributed by atoms with Gasteiger partial charge in [-0.3, -0.25) is 9.10 Å². The van der Waals surface area contributed by atoms with Crippen molar-refractivity contribution in [2.45, 2.75) is 32.0 Å². The van der Waals surface area contributed by atoms with Crippen LogP contribution in [0.5, 0.6) is 5.75 Å². The van der Waals surface area contributed by atoms with Gasteiger partial charge in [0.05, 0.1) is 12.8 Å². The highest BCUT2D eigenvalue weighted by Gasteiger charge is 2.29. The van der Waals surface area contributed by atoms with Crippen LogP contribution in [0.15, 0.2) is 28.6 Å². The minimum Gasteiger partial charge on any atom is -0.497 e. The third-order valence-electron chi connectivity index (χ3n) is 3.47. The van der Waals surface area contributed by atoms with Crippen molar-refractivity contribution >= 4 is 38.1 Å². The molecule has 1 N–H and O–H groups in total. The number of carbonyl (C=O) groups excluding carboxylic acids is 1. The first-order valence-corrected chi connectivity index (χ1v) is 10.2. The third kappa shape index (κ3) is 4.31. The molecule has 142 valence electrons. The molecule has 0 atom stereocenters. The lowest BCUT2D eigenvalue weighted by Crippen LogP contribution is -2.30. The van der Waals surface area contributed by atoms with Gasteiger partial charge in [0.1, 0.15) is 5.75 Å². The fourth-order valence-corrected chi connectivity index (χ4v) is 4.46. The van der Waals surface area contributed by atoms with E-state index in [1.165, 1.54) is 11.4 Å². The van der Waals surface area contributed by atoms with Crippen LogP contribution in [0.2, 0.25) is 0 Å². The molecule has 0 aliphatic heterocycles. The van der Waals surface area contributed by atoms with Crippen molar-refractivity contribution < 1.29 is 17.9 Å². The van der Waals surface area contributed by atoms with E-state index in [1.54, 1.807) is 52.0 Å². The number of methoxy groups -OCH3 is 1. The van der Waals surface area contributed by atoms with Crippen LogP contribution >= 0.6 is 11.3 Å². The average Bonchev–Trinajstić information content (AvgIpc) is 3.04. The number of hydrogen-bond donors (Lipinski definition) is 1. The molecule has 26 heavy (non-hydrogen) atoms. The summed E-state index contributed by atoms with van der Waals surface area (Å²) < 4.78 is 31.9. The van der Waals surface area contributed by atoms with Gasteiger partial charge in [-0.15, -0.1) is 10.2 Å². The zero-order valence-corrected chi connectivity index (χ0v) is 16.9.